The topological polar surface area (TPSA) is 80.6 Å². The van der Waals surface area contributed by atoms with Crippen LogP contribution in [0.25, 0.3) is 0 Å². The monoisotopic (exact) mass is 372 g/mol. The molecule has 7 nitrogen and oxygen atoms in total. The number of benzene rings is 2. The zero-order chi connectivity index (χ0) is 18.8. The van der Waals surface area contributed by atoms with E-state index in [0.29, 0.717) is 40.2 Å². The normalized spacial score (nSPS) is 20.6. The van der Waals surface area contributed by atoms with Crippen LogP contribution in [-0.2, 0) is 0 Å². The molecule has 2 aromatic rings. The number of carboxylic acid groups (broad SMARTS) is 1. The molecule has 3 heterocycles. The second-order valence-electron chi connectivity index (χ2n) is 6.55. The molecule has 4 aliphatic rings. The van der Waals surface area contributed by atoms with E-state index >= 15 is 0 Å². The molecule has 6 rings (SSSR count). The number of para-hydroxylation sites is 4. The van der Waals surface area contributed by atoms with Crippen molar-refractivity contribution in [3.05, 3.63) is 83.1 Å². The van der Waals surface area contributed by atoms with Gasteiger partial charge in [-0.1, -0.05) is 24.3 Å². The van der Waals surface area contributed by atoms with Crippen molar-refractivity contribution in [2.45, 2.75) is 6.10 Å². The fourth-order valence-electron chi connectivity index (χ4n) is 3.82. The van der Waals surface area contributed by atoms with Crippen molar-refractivity contribution in [3.63, 3.8) is 0 Å². The average molecular weight is 372 g/mol. The van der Waals surface area contributed by atoms with Crippen molar-refractivity contribution in [3.8, 4) is 17.2 Å². The molecule has 7 heteroatoms. The Labute approximate surface area is 159 Å². The first kappa shape index (κ1) is 15.1. The molecule has 0 bridgehead atoms. The van der Waals surface area contributed by atoms with Crippen LogP contribution in [0.5, 0.6) is 17.2 Å². The molecule has 0 spiro atoms. The molecule has 1 unspecified atom stereocenters. The number of aliphatic imine (C=N–C) groups is 1. The lowest BCUT2D eigenvalue weighted by Crippen LogP contribution is -2.46. The smallest absolute Gasteiger partial charge is 0.416 e. The molecule has 0 radical (unpaired) electrons. The minimum absolute atomic E-state index is 0.320. The Kier molecular flexibility index (Phi) is 2.84. The molecule has 1 N–H and O–H groups in total. The summed E-state index contributed by atoms with van der Waals surface area (Å²) in [5, 5.41) is 10.0. The highest BCUT2D eigenvalue weighted by atomic mass is 16.6. The fraction of sp³-hybridized carbons (Fsp3) is 0.0476. The molecule has 1 amide bonds. The molecule has 2 aromatic carbocycles. The molecule has 0 aromatic heterocycles. The van der Waals surface area contributed by atoms with E-state index in [1.54, 1.807) is 48.8 Å². The summed E-state index contributed by atoms with van der Waals surface area (Å²) >= 11 is 0. The first-order valence-electron chi connectivity index (χ1n) is 8.68. The zero-order valence-electron chi connectivity index (χ0n) is 14.3. The van der Waals surface area contributed by atoms with E-state index in [-0.39, 0.29) is 0 Å². The summed E-state index contributed by atoms with van der Waals surface area (Å²) in [7, 11) is 0. The number of hydrogen-bond acceptors (Lipinski definition) is 5. The Morgan fingerprint density at radius 2 is 1.64 bits per heavy atom. The van der Waals surface area contributed by atoms with Gasteiger partial charge in [-0.05, 0) is 24.3 Å². The summed E-state index contributed by atoms with van der Waals surface area (Å²) in [5.41, 5.74) is 2.25. The lowest BCUT2D eigenvalue weighted by Gasteiger charge is -2.41. The number of ether oxygens (including phenoxy) is 3. The number of carbonyl (C=O) groups is 1. The van der Waals surface area contributed by atoms with Crippen LogP contribution in [0.1, 0.15) is 0 Å². The summed E-state index contributed by atoms with van der Waals surface area (Å²) in [4.78, 5) is 17.7. The third-order valence-corrected chi connectivity index (χ3v) is 5.00. The van der Waals surface area contributed by atoms with Crippen LogP contribution in [-0.4, -0.2) is 23.5 Å². The van der Waals surface area contributed by atoms with Crippen molar-refractivity contribution >= 4 is 18.0 Å². The van der Waals surface area contributed by atoms with Gasteiger partial charge < -0.3 is 19.3 Å². The van der Waals surface area contributed by atoms with Gasteiger partial charge in [0.05, 0.1) is 5.69 Å². The van der Waals surface area contributed by atoms with Crippen LogP contribution in [0, 0.1) is 0 Å². The first-order chi connectivity index (χ1) is 13.7. The molecular formula is C21H12N2O5. The molecule has 28 heavy (non-hydrogen) atoms. The average Bonchev–Trinajstić information content (AvgIpc) is 3.21. The molecule has 1 aliphatic carbocycles. The van der Waals surface area contributed by atoms with E-state index in [9.17, 15) is 9.90 Å². The molecule has 1 atom stereocenters. The number of rotatable bonds is 0. The number of nitrogens with zero attached hydrogens (tertiary/aromatic N) is 2. The van der Waals surface area contributed by atoms with Crippen molar-refractivity contribution in [1.29, 1.82) is 0 Å². The molecule has 0 saturated carbocycles. The van der Waals surface area contributed by atoms with E-state index < -0.39 is 12.2 Å². The van der Waals surface area contributed by atoms with Crippen LogP contribution in [0.4, 0.5) is 10.5 Å². The van der Waals surface area contributed by atoms with Gasteiger partial charge in [0.2, 0.25) is 0 Å². The van der Waals surface area contributed by atoms with Crippen LogP contribution in [0.15, 0.2) is 88.1 Å². The van der Waals surface area contributed by atoms with Gasteiger partial charge in [0.15, 0.2) is 29.1 Å². The summed E-state index contributed by atoms with van der Waals surface area (Å²) < 4.78 is 18.4. The molecule has 0 saturated heterocycles. The quantitative estimate of drug-likeness (QED) is 0.760. The summed E-state index contributed by atoms with van der Waals surface area (Å²) in [6.45, 7) is 0. The van der Waals surface area contributed by atoms with Crippen molar-refractivity contribution in [1.82, 2.24) is 0 Å². The van der Waals surface area contributed by atoms with Gasteiger partial charge in [0.1, 0.15) is 11.4 Å². The van der Waals surface area contributed by atoms with E-state index in [1.165, 1.54) is 4.90 Å². The lowest BCUT2D eigenvalue weighted by molar-refractivity contribution is 0.190. The largest absolute Gasteiger partial charge is 0.477 e. The van der Waals surface area contributed by atoms with E-state index in [2.05, 4.69) is 4.99 Å². The second kappa shape index (κ2) is 5.26. The van der Waals surface area contributed by atoms with Crippen LogP contribution >= 0.6 is 0 Å². The van der Waals surface area contributed by atoms with Crippen LogP contribution < -0.4 is 19.1 Å². The highest BCUT2D eigenvalue weighted by molar-refractivity contribution is 5.97. The third-order valence-electron chi connectivity index (χ3n) is 5.00. The van der Waals surface area contributed by atoms with Gasteiger partial charge in [-0.25, -0.2) is 9.69 Å². The van der Waals surface area contributed by atoms with Gasteiger partial charge in [0.25, 0.3) is 0 Å². The maximum absolute atomic E-state index is 12.3. The Morgan fingerprint density at radius 3 is 2.39 bits per heavy atom. The number of amides is 1. The SMILES string of the molecule is O=C(O)N1C2=C3Oc4ccccc4OC3=C3C=NC=C3C2Oc2ccccc21. The predicted molar refractivity (Wildman–Crippen MR) is 99.7 cm³/mol. The Hall–Kier alpha value is -4.00. The fourth-order valence-corrected chi connectivity index (χ4v) is 3.82. The Morgan fingerprint density at radius 1 is 0.964 bits per heavy atom. The van der Waals surface area contributed by atoms with Crippen molar-refractivity contribution in [2.24, 2.45) is 4.99 Å². The minimum atomic E-state index is -1.13. The summed E-state index contributed by atoms with van der Waals surface area (Å²) in [6, 6.07) is 14.3. The van der Waals surface area contributed by atoms with Gasteiger partial charge in [-0.2, -0.15) is 0 Å². The number of anilines is 1. The van der Waals surface area contributed by atoms with Gasteiger partial charge >= 0.3 is 6.09 Å². The van der Waals surface area contributed by atoms with E-state index in [4.69, 9.17) is 14.2 Å². The third kappa shape index (κ3) is 1.87. The zero-order valence-corrected chi connectivity index (χ0v) is 14.3. The summed E-state index contributed by atoms with van der Waals surface area (Å²) in [6.07, 6.45) is 1.54. The lowest BCUT2D eigenvalue weighted by atomic mass is 9.90. The number of fused-ring (bicyclic) bond motifs is 6. The van der Waals surface area contributed by atoms with E-state index in [1.807, 2.05) is 12.1 Å². The molecular weight excluding hydrogens is 360 g/mol. The van der Waals surface area contributed by atoms with Crippen LogP contribution in [0.3, 0.4) is 0 Å². The minimum Gasteiger partial charge on any atom is -0.477 e. The highest BCUT2D eigenvalue weighted by Crippen LogP contribution is 2.50. The van der Waals surface area contributed by atoms with Crippen molar-refractivity contribution < 1.29 is 24.1 Å². The van der Waals surface area contributed by atoms with Gasteiger partial charge in [-0.15, -0.1) is 0 Å². The maximum atomic E-state index is 12.3. The molecule has 0 fully saturated rings. The predicted octanol–water partition coefficient (Wildman–Crippen LogP) is 3.85. The standard InChI is InChI=1S/C21H12N2O5/c24-21(25)23-13-5-1-2-6-14(13)26-18-11-9-22-10-12(11)19-20(17(18)23)28-16-8-4-3-7-15(16)27-19/h1-10,18H,(H,24,25). The number of hydrogen-bond donors (Lipinski definition) is 1. The highest BCUT2D eigenvalue weighted by Gasteiger charge is 2.47. The first-order valence-corrected chi connectivity index (χ1v) is 8.68. The maximum Gasteiger partial charge on any atom is 0.416 e. The summed E-state index contributed by atoms with van der Waals surface area (Å²) in [5.74, 6) is 2.31. The van der Waals surface area contributed by atoms with Crippen LogP contribution in [0.2, 0.25) is 0 Å². The Balaban J connectivity index is 1.65. The van der Waals surface area contributed by atoms with Crippen molar-refractivity contribution in [2.75, 3.05) is 4.90 Å². The Bertz CT molecular complexity index is 1190. The molecule has 3 aliphatic heterocycles. The second-order valence-corrected chi connectivity index (χ2v) is 6.55. The van der Waals surface area contributed by atoms with E-state index in [0.717, 1.165) is 11.1 Å². The molecule has 136 valence electrons. The van der Waals surface area contributed by atoms with Gasteiger partial charge in [-0.3, -0.25) is 4.99 Å². The van der Waals surface area contributed by atoms with Gasteiger partial charge in [0, 0.05) is 23.6 Å².